The Balaban J connectivity index is 1.95. The van der Waals surface area contributed by atoms with Crippen LogP contribution in [0.15, 0.2) is 65.1 Å². The second-order valence-corrected chi connectivity index (χ2v) is 5.91. The van der Waals surface area contributed by atoms with E-state index in [9.17, 15) is 4.39 Å². The van der Waals surface area contributed by atoms with Gasteiger partial charge in [0, 0.05) is 21.6 Å². The van der Waals surface area contributed by atoms with Crippen LogP contribution in [-0.4, -0.2) is 0 Å². The van der Waals surface area contributed by atoms with Crippen molar-refractivity contribution in [3.8, 4) is 0 Å². The molecular weight excluding hydrogens is 329 g/mol. The van der Waals surface area contributed by atoms with Crippen molar-refractivity contribution in [2.45, 2.75) is 13.0 Å². The van der Waals surface area contributed by atoms with E-state index in [2.05, 4.69) is 46.4 Å². The number of nitrogens with one attached hydrogen (secondary N) is 1. The number of halogens is 2. The van der Waals surface area contributed by atoms with Gasteiger partial charge in [-0.2, -0.15) is 0 Å². The number of benzene rings is 3. The lowest BCUT2D eigenvalue weighted by Crippen LogP contribution is -2.07. The van der Waals surface area contributed by atoms with Crippen LogP contribution in [0.5, 0.6) is 0 Å². The summed E-state index contributed by atoms with van der Waals surface area (Å²) in [6, 6.07) is 19.1. The van der Waals surface area contributed by atoms with E-state index in [1.807, 2.05) is 30.3 Å². The zero-order valence-electron chi connectivity index (χ0n) is 11.6. The van der Waals surface area contributed by atoms with Gasteiger partial charge in [0.05, 0.1) is 0 Å². The second-order valence-electron chi connectivity index (χ2n) is 5.06. The van der Waals surface area contributed by atoms with E-state index < -0.39 is 0 Å². The predicted molar refractivity (Wildman–Crippen MR) is 90.1 cm³/mol. The first kappa shape index (κ1) is 14.1. The molecule has 0 heterocycles. The fourth-order valence-electron chi connectivity index (χ4n) is 2.46. The summed E-state index contributed by atoms with van der Waals surface area (Å²) in [6.45, 7) is 2.07. The zero-order chi connectivity index (χ0) is 14.8. The molecule has 0 saturated heterocycles. The van der Waals surface area contributed by atoms with Crippen molar-refractivity contribution in [3.63, 3.8) is 0 Å². The fourth-order valence-corrected chi connectivity index (χ4v) is 2.93. The molecule has 3 heteroatoms. The molecule has 0 aliphatic carbocycles. The lowest BCUT2D eigenvalue weighted by molar-refractivity contribution is 0.626. The molecule has 1 atom stereocenters. The van der Waals surface area contributed by atoms with Crippen molar-refractivity contribution < 1.29 is 4.39 Å². The van der Waals surface area contributed by atoms with Crippen LogP contribution in [0.3, 0.4) is 0 Å². The van der Waals surface area contributed by atoms with Crippen LogP contribution in [0.1, 0.15) is 18.5 Å². The lowest BCUT2D eigenvalue weighted by atomic mass is 10.1. The van der Waals surface area contributed by atoms with Crippen LogP contribution in [0.4, 0.5) is 10.1 Å². The number of rotatable bonds is 3. The molecule has 1 N–H and O–H groups in total. The molecule has 0 aromatic heterocycles. The van der Waals surface area contributed by atoms with E-state index in [4.69, 9.17) is 0 Å². The molecule has 0 amide bonds. The predicted octanol–water partition coefficient (Wildman–Crippen LogP) is 5.91. The van der Waals surface area contributed by atoms with Crippen molar-refractivity contribution in [3.05, 3.63) is 76.5 Å². The highest BCUT2D eigenvalue weighted by atomic mass is 79.9. The van der Waals surface area contributed by atoms with Crippen molar-refractivity contribution >= 4 is 32.4 Å². The molecule has 3 rings (SSSR count). The Morgan fingerprint density at radius 2 is 1.57 bits per heavy atom. The fraction of sp³-hybridized carbons (Fsp3) is 0.111. The summed E-state index contributed by atoms with van der Waals surface area (Å²) < 4.78 is 14.1. The van der Waals surface area contributed by atoms with Gasteiger partial charge < -0.3 is 5.32 Å². The average Bonchev–Trinajstić information content (AvgIpc) is 2.51. The Bertz CT molecular complexity index is 768. The van der Waals surface area contributed by atoms with E-state index in [1.54, 1.807) is 0 Å². The highest BCUT2D eigenvalue weighted by Gasteiger charge is 2.09. The first-order valence-corrected chi connectivity index (χ1v) is 7.64. The van der Waals surface area contributed by atoms with Crippen molar-refractivity contribution in [2.24, 2.45) is 0 Å². The molecule has 3 aromatic rings. The summed E-state index contributed by atoms with van der Waals surface area (Å²) >= 11 is 3.58. The first-order valence-electron chi connectivity index (χ1n) is 6.84. The molecule has 21 heavy (non-hydrogen) atoms. The highest BCUT2D eigenvalue weighted by Crippen LogP contribution is 2.32. The quantitative estimate of drug-likeness (QED) is 0.622. The van der Waals surface area contributed by atoms with Gasteiger partial charge in [0.2, 0.25) is 0 Å². The summed E-state index contributed by atoms with van der Waals surface area (Å²) in [7, 11) is 0. The van der Waals surface area contributed by atoms with Crippen LogP contribution in [0.25, 0.3) is 10.8 Å². The van der Waals surface area contributed by atoms with Crippen LogP contribution >= 0.6 is 15.9 Å². The van der Waals surface area contributed by atoms with Crippen molar-refractivity contribution in [2.75, 3.05) is 5.32 Å². The van der Waals surface area contributed by atoms with Gasteiger partial charge in [0.1, 0.15) is 5.82 Å². The maximum absolute atomic E-state index is 13.0. The maximum Gasteiger partial charge on any atom is 0.123 e. The SMILES string of the molecule is CC(Nc1ccc(Br)c2ccccc12)c1ccc(F)cc1. The van der Waals surface area contributed by atoms with Gasteiger partial charge in [-0.05, 0) is 42.1 Å². The van der Waals surface area contributed by atoms with Crippen molar-refractivity contribution in [1.82, 2.24) is 0 Å². The minimum Gasteiger partial charge on any atom is -0.378 e. The van der Waals surface area contributed by atoms with Crippen LogP contribution in [0, 0.1) is 5.82 Å². The number of anilines is 1. The van der Waals surface area contributed by atoms with Gasteiger partial charge in [0.25, 0.3) is 0 Å². The Morgan fingerprint density at radius 3 is 2.29 bits per heavy atom. The molecule has 0 fully saturated rings. The molecule has 106 valence electrons. The van der Waals surface area contributed by atoms with Crippen molar-refractivity contribution in [1.29, 1.82) is 0 Å². The first-order chi connectivity index (χ1) is 10.1. The normalized spacial score (nSPS) is 12.3. The minimum atomic E-state index is -0.208. The summed E-state index contributed by atoms with van der Waals surface area (Å²) in [5.74, 6) is -0.208. The molecule has 0 aliphatic heterocycles. The molecular formula is C18H15BrFN. The molecule has 0 aliphatic rings. The third-order valence-electron chi connectivity index (χ3n) is 3.61. The Morgan fingerprint density at radius 1 is 0.905 bits per heavy atom. The summed E-state index contributed by atoms with van der Waals surface area (Å²) in [4.78, 5) is 0. The number of hydrogen-bond donors (Lipinski definition) is 1. The van der Waals surface area contributed by atoms with Gasteiger partial charge in [-0.3, -0.25) is 0 Å². The van der Waals surface area contributed by atoms with Gasteiger partial charge in [-0.15, -0.1) is 0 Å². The van der Waals surface area contributed by atoms with E-state index in [0.29, 0.717) is 0 Å². The molecule has 1 unspecified atom stereocenters. The van der Waals surface area contributed by atoms with Crippen LogP contribution < -0.4 is 5.32 Å². The zero-order valence-corrected chi connectivity index (χ0v) is 13.2. The summed E-state index contributed by atoms with van der Waals surface area (Å²) in [6.07, 6.45) is 0. The Labute approximate surface area is 131 Å². The molecule has 0 spiro atoms. The van der Waals surface area contributed by atoms with E-state index in [-0.39, 0.29) is 11.9 Å². The summed E-state index contributed by atoms with van der Waals surface area (Å²) in [5, 5.41) is 5.85. The molecule has 3 aromatic carbocycles. The van der Waals surface area contributed by atoms with E-state index in [0.717, 1.165) is 15.7 Å². The topological polar surface area (TPSA) is 12.0 Å². The Hall–Kier alpha value is -1.87. The molecule has 0 radical (unpaired) electrons. The third kappa shape index (κ3) is 2.93. The number of hydrogen-bond acceptors (Lipinski definition) is 1. The average molecular weight is 344 g/mol. The van der Waals surface area contributed by atoms with Gasteiger partial charge in [0.15, 0.2) is 0 Å². The molecule has 0 saturated carbocycles. The molecule has 1 nitrogen and oxygen atoms in total. The van der Waals surface area contributed by atoms with Gasteiger partial charge in [-0.25, -0.2) is 4.39 Å². The standard InChI is InChI=1S/C18H15BrFN/c1-12(13-6-8-14(20)9-7-13)21-18-11-10-17(19)15-4-2-3-5-16(15)18/h2-12,21H,1H3. The van der Waals surface area contributed by atoms with Gasteiger partial charge in [-0.1, -0.05) is 52.3 Å². The monoisotopic (exact) mass is 343 g/mol. The van der Waals surface area contributed by atoms with E-state index in [1.165, 1.54) is 22.9 Å². The van der Waals surface area contributed by atoms with E-state index >= 15 is 0 Å². The molecule has 0 bridgehead atoms. The third-order valence-corrected chi connectivity index (χ3v) is 4.30. The largest absolute Gasteiger partial charge is 0.378 e. The lowest BCUT2D eigenvalue weighted by Gasteiger charge is -2.18. The number of fused-ring (bicyclic) bond motifs is 1. The van der Waals surface area contributed by atoms with Crippen LogP contribution in [0.2, 0.25) is 0 Å². The Kier molecular flexibility index (Phi) is 3.93. The minimum absolute atomic E-state index is 0.107. The highest BCUT2D eigenvalue weighted by molar-refractivity contribution is 9.10. The summed E-state index contributed by atoms with van der Waals surface area (Å²) in [5.41, 5.74) is 2.13. The second kappa shape index (κ2) is 5.86. The smallest absolute Gasteiger partial charge is 0.123 e. The van der Waals surface area contributed by atoms with Crippen LogP contribution in [-0.2, 0) is 0 Å². The maximum atomic E-state index is 13.0. The van der Waals surface area contributed by atoms with Gasteiger partial charge >= 0.3 is 0 Å².